The fraction of sp³-hybridized carbons (Fsp3) is 0.400. The Morgan fingerprint density at radius 2 is 2.06 bits per heavy atom. The number of hydrogen-bond acceptors (Lipinski definition) is 3. The van der Waals surface area contributed by atoms with Gasteiger partial charge in [-0.2, -0.15) is 0 Å². The van der Waals surface area contributed by atoms with E-state index in [1.54, 1.807) is 19.9 Å². The number of fused-ring (bicyclic) bond motifs is 1. The molecule has 1 aliphatic rings. The number of esters is 1. The minimum Gasteiger partial charge on any atom is -0.452 e. The van der Waals surface area contributed by atoms with E-state index in [-0.39, 0.29) is 5.97 Å². The molecule has 3 heteroatoms. The van der Waals surface area contributed by atoms with Crippen molar-refractivity contribution >= 4 is 12.0 Å². The second-order valence-electron chi connectivity index (χ2n) is 4.80. The molecular formula is C15H18O3. The van der Waals surface area contributed by atoms with Crippen molar-refractivity contribution < 1.29 is 14.3 Å². The van der Waals surface area contributed by atoms with Gasteiger partial charge in [0.25, 0.3) is 0 Å². The number of carbonyl (C=O) groups is 1. The molecule has 2 rings (SSSR count). The zero-order chi connectivity index (χ0) is 13.2. The first-order chi connectivity index (χ1) is 8.53. The highest BCUT2D eigenvalue weighted by Crippen LogP contribution is 2.33. The summed E-state index contributed by atoms with van der Waals surface area (Å²) in [5, 5.41) is 0. The maximum absolute atomic E-state index is 12.0. The molecule has 0 N–H and O–H groups in total. The predicted molar refractivity (Wildman–Crippen MR) is 70.5 cm³/mol. The van der Waals surface area contributed by atoms with E-state index in [9.17, 15) is 4.79 Å². The molecule has 0 saturated carbocycles. The number of ether oxygens (including phenoxy) is 2. The van der Waals surface area contributed by atoms with Gasteiger partial charge in [0, 0.05) is 13.8 Å². The molecule has 1 aliphatic heterocycles. The zero-order valence-corrected chi connectivity index (χ0v) is 11.0. The van der Waals surface area contributed by atoms with Crippen molar-refractivity contribution in [1.29, 1.82) is 0 Å². The number of cyclic esters (lactones) is 1. The van der Waals surface area contributed by atoms with Crippen LogP contribution in [0.3, 0.4) is 0 Å². The molecule has 0 saturated heterocycles. The average molecular weight is 246 g/mol. The lowest BCUT2D eigenvalue weighted by atomic mass is 10.0. The predicted octanol–water partition coefficient (Wildman–Crippen LogP) is 3.79. The van der Waals surface area contributed by atoms with Gasteiger partial charge in [-0.15, -0.1) is 0 Å². The SMILES string of the molecule is CCC/C=C/c1cccc2c1C(=O)OC(C)(C)O2. The molecule has 1 heterocycles. The molecule has 0 aliphatic carbocycles. The number of carbonyl (C=O) groups excluding carboxylic acids is 1. The van der Waals surface area contributed by atoms with E-state index in [2.05, 4.69) is 13.0 Å². The van der Waals surface area contributed by atoms with Crippen LogP contribution in [0.15, 0.2) is 24.3 Å². The van der Waals surface area contributed by atoms with E-state index in [0.717, 1.165) is 18.4 Å². The summed E-state index contributed by atoms with van der Waals surface area (Å²) in [4.78, 5) is 12.0. The van der Waals surface area contributed by atoms with Crippen molar-refractivity contribution in [1.82, 2.24) is 0 Å². The first kappa shape index (κ1) is 12.7. The molecule has 1 aromatic carbocycles. The quantitative estimate of drug-likeness (QED) is 0.761. The Morgan fingerprint density at radius 1 is 1.28 bits per heavy atom. The second kappa shape index (κ2) is 4.84. The van der Waals surface area contributed by atoms with E-state index in [1.165, 1.54) is 0 Å². The molecule has 3 nitrogen and oxygen atoms in total. The topological polar surface area (TPSA) is 35.5 Å². The zero-order valence-electron chi connectivity index (χ0n) is 11.0. The second-order valence-corrected chi connectivity index (χ2v) is 4.80. The Hall–Kier alpha value is -1.77. The monoisotopic (exact) mass is 246 g/mol. The van der Waals surface area contributed by atoms with Gasteiger partial charge in [0.1, 0.15) is 11.3 Å². The molecule has 0 aromatic heterocycles. The van der Waals surface area contributed by atoms with E-state index < -0.39 is 5.79 Å². The fourth-order valence-corrected chi connectivity index (χ4v) is 1.93. The minimum atomic E-state index is -0.893. The number of unbranched alkanes of at least 4 members (excludes halogenated alkanes) is 1. The Kier molecular flexibility index (Phi) is 3.41. The van der Waals surface area contributed by atoms with Gasteiger partial charge in [0.2, 0.25) is 5.79 Å². The van der Waals surface area contributed by atoms with Gasteiger partial charge in [-0.1, -0.05) is 37.6 Å². The van der Waals surface area contributed by atoms with Gasteiger partial charge in [-0.3, -0.25) is 0 Å². The van der Waals surface area contributed by atoms with Crippen LogP contribution in [-0.4, -0.2) is 11.8 Å². The van der Waals surface area contributed by atoms with Gasteiger partial charge in [0.15, 0.2) is 0 Å². The van der Waals surface area contributed by atoms with Gasteiger partial charge in [-0.05, 0) is 18.1 Å². The van der Waals surface area contributed by atoms with Crippen LogP contribution in [0, 0.1) is 0 Å². The number of hydrogen-bond donors (Lipinski definition) is 0. The number of allylic oxidation sites excluding steroid dienone is 1. The smallest absolute Gasteiger partial charge is 0.345 e. The molecule has 0 spiro atoms. The van der Waals surface area contributed by atoms with Crippen LogP contribution in [0.1, 0.15) is 49.5 Å². The van der Waals surface area contributed by atoms with Crippen molar-refractivity contribution in [3.8, 4) is 5.75 Å². The van der Waals surface area contributed by atoms with E-state index >= 15 is 0 Å². The summed E-state index contributed by atoms with van der Waals surface area (Å²) in [5.41, 5.74) is 1.37. The highest BCUT2D eigenvalue weighted by molar-refractivity contribution is 5.97. The van der Waals surface area contributed by atoms with Crippen LogP contribution in [0.5, 0.6) is 5.75 Å². The molecular weight excluding hydrogens is 228 g/mol. The third kappa shape index (κ3) is 2.55. The Balaban J connectivity index is 2.39. The standard InChI is InChI=1S/C15H18O3/c1-4-5-6-8-11-9-7-10-12-13(11)14(16)18-15(2,3)17-12/h6-10H,4-5H2,1-3H3/b8-6+. The summed E-state index contributed by atoms with van der Waals surface area (Å²) in [5.74, 6) is -0.622. The highest BCUT2D eigenvalue weighted by Gasteiger charge is 2.34. The van der Waals surface area contributed by atoms with E-state index in [1.807, 2.05) is 18.2 Å². The van der Waals surface area contributed by atoms with Crippen LogP contribution in [0.2, 0.25) is 0 Å². The Labute approximate surface area is 107 Å². The molecule has 0 amide bonds. The minimum absolute atomic E-state index is 0.321. The summed E-state index contributed by atoms with van der Waals surface area (Å²) >= 11 is 0. The lowest BCUT2D eigenvalue weighted by molar-refractivity contribution is -0.127. The van der Waals surface area contributed by atoms with Gasteiger partial charge in [0.05, 0.1) is 0 Å². The number of rotatable bonds is 3. The van der Waals surface area contributed by atoms with Crippen LogP contribution in [0.25, 0.3) is 6.08 Å². The summed E-state index contributed by atoms with van der Waals surface area (Å²) in [6.07, 6.45) is 6.08. The Bertz CT molecular complexity index is 487. The van der Waals surface area contributed by atoms with Gasteiger partial charge < -0.3 is 9.47 Å². The van der Waals surface area contributed by atoms with Crippen LogP contribution >= 0.6 is 0 Å². The molecule has 0 bridgehead atoms. The molecule has 18 heavy (non-hydrogen) atoms. The largest absolute Gasteiger partial charge is 0.452 e. The number of benzene rings is 1. The summed E-state index contributed by atoms with van der Waals surface area (Å²) in [6, 6.07) is 5.59. The van der Waals surface area contributed by atoms with Crippen LogP contribution in [0.4, 0.5) is 0 Å². The lowest BCUT2D eigenvalue weighted by Gasteiger charge is -2.32. The average Bonchev–Trinajstić information content (AvgIpc) is 2.27. The lowest BCUT2D eigenvalue weighted by Crippen LogP contribution is -2.39. The van der Waals surface area contributed by atoms with Gasteiger partial charge in [-0.25, -0.2) is 4.79 Å². The third-order valence-corrected chi connectivity index (χ3v) is 2.71. The van der Waals surface area contributed by atoms with Crippen molar-refractivity contribution in [3.63, 3.8) is 0 Å². The third-order valence-electron chi connectivity index (χ3n) is 2.71. The molecule has 1 aromatic rings. The van der Waals surface area contributed by atoms with E-state index in [0.29, 0.717) is 11.3 Å². The Morgan fingerprint density at radius 3 is 2.78 bits per heavy atom. The summed E-state index contributed by atoms with van der Waals surface area (Å²) in [6.45, 7) is 5.57. The summed E-state index contributed by atoms with van der Waals surface area (Å²) in [7, 11) is 0. The van der Waals surface area contributed by atoms with Crippen LogP contribution in [-0.2, 0) is 4.74 Å². The molecule has 96 valence electrons. The molecule has 0 unspecified atom stereocenters. The van der Waals surface area contributed by atoms with Crippen molar-refractivity contribution in [2.45, 2.75) is 39.4 Å². The first-order valence-electron chi connectivity index (χ1n) is 6.25. The van der Waals surface area contributed by atoms with Crippen molar-refractivity contribution in [3.05, 3.63) is 35.4 Å². The summed E-state index contributed by atoms with van der Waals surface area (Å²) < 4.78 is 10.9. The molecule has 0 atom stereocenters. The van der Waals surface area contributed by atoms with Crippen molar-refractivity contribution in [2.75, 3.05) is 0 Å². The normalized spacial score (nSPS) is 17.2. The maximum atomic E-state index is 12.0. The molecule has 0 radical (unpaired) electrons. The van der Waals surface area contributed by atoms with Crippen LogP contribution < -0.4 is 4.74 Å². The van der Waals surface area contributed by atoms with E-state index in [4.69, 9.17) is 9.47 Å². The highest BCUT2D eigenvalue weighted by atomic mass is 16.7. The van der Waals surface area contributed by atoms with Gasteiger partial charge >= 0.3 is 5.97 Å². The maximum Gasteiger partial charge on any atom is 0.345 e. The van der Waals surface area contributed by atoms with Crippen molar-refractivity contribution in [2.24, 2.45) is 0 Å². The molecule has 0 fully saturated rings. The fourth-order valence-electron chi connectivity index (χ4n) is 1.93. The first-order valence-corrected chi connectivity index (χ1v) is 6.25.